The van der Waals surface area contributed by atoms with Gasteiger partial charge in [0.2, 0.25) is 0 Å². The molecule has 1 heterocycles. The van der Waals surface area contributed by atoms with Crippen LogP contribution in [-0.2, 0) is 4.74 Å². The van der Waals surface area contributed by atoms with E-state index in [2.05, 4.69) is 18.7 Å². The molecule has 0 N–H and O–H groups in total. The number of rotatable bonds is 5. The third-order valence-corrected chi connectivity index (χ3v) is 3.54. The summed E-state index contributed by atoms with van der Waals surface area (Å²) in [5.74, 6) is 0. The molecule has 2 aliphatic rings. The minimum absolute atomic E-state index is 0.392. The highest BCUT2D eigenvalue weighted by molar-refractivity contribution is 5.00. The van der Waals surface area contributed by atoms with Crippen LogP contribution in [-0.4, -0.2) is 37.2 Å². The fourth-order valence-electron chi connectivity index (χ4n) is 2.41. The average molecular weight is 197 g/mol. The van der Waals surface area contributed by atoms with Gasteiger partial charge in [0.25, 0.3) is 0 Å². The summed E-state index contributed by atoms with van der Waals surface area (Å²) in [6, 6.07) is 0. The van der Waals surface area contributed by atoms with E-state index >= 15 is 0 Å². The van der Waals surface area contributed by atoms with Gasteiger partial charge in [-0.2, -0.15) is 0 Å². The van der Waals surface area contributed by atoms with Crippen molar-refractivity contribution in [1.82, 2.24) is 4.90 Å². The van der Waals surface area contributed by atoms with Gasteiger partial charge in [0, 0.05) is 19.7 Å². The van der Waals surface area contributed by atoms with Crippen LogP contribution < -0.4 is 0 Å². The zero-order valence-corrected chi connectivity index (χ0v) is 9.59. The summed E-state index contributed by atoms with van der Waals surface area (Å²) in [6.07, 6.45) is 6.04. The lowest BCUT2D eigenvalue weighted by Crippen LogP contribution is -2.23. The van der Waals surface area contributed by atoms with Crippen LogP contribution in [0, 0.1) is 5.41 Å². The van der Waals surface area contributed by atoms with E-state index in [0.717, 1.165) is 12.0 Å². The molecule has 0 amide bonds. The van der Waals surface area contributed by atoms with Gasteiger partial charge in [0.05, 0.1) is 6.10 Å². The van der Waals surface area contributed by atoms with E-state index < -0.39 is 0 Å². The molecule has 0 atom stereocenters. The number of likely N-dealkylation sites (tertiary alicyclic amines) is 1. The number of ether oxygens (including phenoxy) is 1. The van der Waals surface area contributed by atoms with E-state index in [1.54, 1.807) is 0 Å². The largest absolute Gasteiger partial charge is 0.379 e. The molecule has 0 aromatic rings. The van der Waals surface area contributed by atoms with Crippen LogP contribution in [0.4, 0.5) is 0 Å². The predicted molar refractivity (Wildman–Crippen MR) is 58.4 cm³/mol. The number of hydrogen-bond donors (Lipinski definition) is 0. The van der Waals surface area contributed by atoms with Crippen LogP contribution in [0.25, 0.3) is 0 Å². The van der Waals surface area contributed by atoms with E-state index in [9.17, 15) is 0 Å². The standard InChI is InChI=1S/C12H23NO/c1-11(2)14-9-3-7-13-8-6-12(10-13)4-5-12/h11H,3-10H2,1-2H3. The molecule has 0 bridgehead atoms. The van der Waals surface area contributed by atoms with Gasteiger partial charge in [-0.15, -0.1) is 0 Å². The Kier molecular flexibility index (Phi) is 3.13. The lowest BCUT2D eigenvalue weighted by atomic mass is 10.1. The zero-order valence-electron chi connectivity index (χ0n) is 9.59. The first-order valence-corrected chi connectivity index (χ1v) is 6.04. The Morgan fingerprint density at radius 3 is 2.64 bits per heavy atom. The third-order valence-electron chi connectivity index (χ3n) is 3.54. The Bertz CT molecular complexity index is 187. The molecule has 82 valence electrons. The first kappa shape index (κ1) is 10.4. The van der Waals surface area contributed by atoms with Crippen molar-refractivity contribution in [2.45, 2.75) is 45.6 Å². The van der Waals surface area contributed by atoms with Crippen molar-refractivity contribution < 1.29 is 4.74 Å². The monoisotopic (exact) mass is 197 g/mol. The molecule has 0 radical (unpaired) electrons. The van der Waals surface area contributed by atoms with E-state index in [1.807, 2.05) is 0 Å². The third kappa shape index (κ3) is 2.71. The first-order chi connectivity index (χ1) is 6.70. The second-order valence-corrected chi connectivity index (χ2v) is 5.30. The van der Waals surface area contributed by atoms with E-state index in [0.29, 0.717) is 6.10 Å². The van der Waals surface area contributed by atoms with Crippen molar-refractivity contribution >= 4 is 0 Å². The van der Waals surface area contributed by atoms with E-state index in [-0.39, 0.29) is 0 Å². The van der Waals surface area contributed by atoms with Crippen molar-refractivity contribution in [2.75, 3.05) is 26.2 Å². The highest BCUT2D eigenvalue weighted by Crippen LogP contribution is 2.52. The normalized spacial score (nSPS) is 25.1. The Morgan fingerprint density at radius 1 is 1.29 bits per heavy atom. The Balaban J connectivity index is 1.54. The van der Waals surface area contributed by atoms with Gasteiger partial charge in [0.1, 0.15) is 0 Å². The lowest BCUT2D eigenvalue weighted by Gasteiger charge is -2.16. The molecule has 0 unspecified atom stereocenters. The van der Waals surface area contributed by atoms with E-state index in [4.69, 9.17) is 4.74 Å². The molecule has 1 spiro atoms. The van der Waals surface area contributed by atoms with Crippen LogP contribution in [0.3, 0.4) is 0 Å². The first-order valence-electron chi connectivity index (χ1n) is 6.04. The molecule has 2 rings (SSSR count). The van der Waals surface area contributed by atoms with Crippen molar-refractivity contribution in [3.8, 4) is 0 Å². The van der Waals surface area contributed by atoms with Crippen molar-refractivity contribution in [3.63, 3.8) is 0 Å². The highest BCUT2D eigenvalue weighted by atomic mass is 16.5. The lowest BCUT2D eigenvalue weighted by molar-refractivity contribution is 0.0717. The number of hydrogen-bond acceptors (Lipinski definition) is 2. The summed E-state index contributed by atoms with van der Waals surface area (Å²) >= 11 is 0. The summed E-state index contributed by atoms with van der Waals surface area (Å²) in [6.45, 7) is 9.09. The summed E-state index contributed by atoms with van der Waals surface area (Å²) in [5, 5.41) is 0. The predicted octanol–water partition coefficient (Wildman–Crippen LogP) is 2.29. The van der Waals surface area contributed by atoms with Crippen LogP contribution in [0.15, 0.2) is 0 Å². The summed E-state index contributed by atoms with van der Waals surface area (Å²) in [5.41, 5.74) is 0.791. The van der Waals surface area contributed by atoms with Crippen LogP contribution in [0.2, 0.25) is 0 Å². The smallest absolute Gasteiger partial charge is 0.0518 e. The topological polar surface area (TPSA) is 12.5 Å². The minimum atomic E-state index is 0.392. The summed E-state index contributed by atoms with van der Waals surface area (Å²) in [7, 11) is 0. The van der Waals surface area contributed by atoms with Crippen LogP contribution >= 0.6 is 0 Å². The SMILES string of the molecule is CC(C)OCCCN1CCC2(CC2)C1. The second kappa shape index (κ2) is 4.19. The number of nitrogens with zero attached hydrogens (tertiary/aromatic N) is 1. The van der Waals surface area contributed by atoms with Gasteiger partial charge < -0.3 is 9.64 Å². The van der Waals surface area contributed by atoms with Crippen LogP contribution in [0.5, 0.6) is 0 Å². The van der Waals surface area contributed by atoms with Crippen molar-refractivity contribution in [3.05, 3.63) is 0 Å². The molecule has 2 nitrogen and oxygen atoms in total. The van der Waals surface area contributed by atoms with Crippen molar-refractivity contribution in [2.24, 2.45) is 5.41 Å². The van der Waals surface area contributed by atoms with Crippen LogP contribution in [0.1, 0.15) is 39.5 Å². The molecule has 1 aliphatic carbocycles. The molecular weight excluding hydrogens is 174 g/mol. The quantitative estimate of drug-likeness (QED) is 0.627. The van der Waals surface area contributed by atoms with Gasteiger partial charge in [-0.1, -0.05) is 0 Å². The zero-order chi connectivity index (χ0) is 10.0. The maximum Gasteiger partial charge on any atom is 0.0518 e. The van der Waals surface area contributed by atoms with Gasteiger partial charge >= 0.3 is 0 Å². The summed E-state index contributed by atoms with van der Waals surface area (Å²) < 4.78 is 5.54. The van der Waals surface area contributed by atoms with Crippen molar-refractivity contribution in [1.29, 1.82) is 0 Å². The van der Waals surface area contributed by atoms with Gasteiger partial charge in [-0.3, -0.25) is 0 Å². The molecule has 2 heteroatoms. The molecule has 0 aromatic carbocycles. The maximum atomic E-state index is 5.54. The molecular formula is C12H23NO. The molecule has 2 fully saturated rings. The summed E-state index contributed by atoms with van der Waals surface area (Å²) in [4.78, 5) is 2.62. The highest BCUT2D eigenvalue weighted by Gasteiger charge is 2.47. The maximum absolute atomic E-state index is 5.54. The molecule has 1 saturated carbocycles. The van der Waals surface area contributed by atoms with Gasteiger partial charge in [-0.25, -0.2) is 0 Å². The molecule has 14 heavy (non-hydrogen) atoms. The molecule has 1 saturated heterocycles. The second-order valence-electron chi connectivity index (χ2n) is 5.30. The minimum Gasteiger partial charge on any atom is -0.379 e. The van der Waals surface area contributed by atoms with Gasteiger partial charge in [0.15, 0.2) is 0 Å². The Hall–Kier alpha value is -0.0800. The Morgan fingerprint density at radius 2 is 2.07 bits per heavy atom. The van der Waals surface area contributed by atoms with E-state index in [1.165, 1.54) is 45.3 Å². The molecule has 0 aromatic heterocycles. The fraction of sp³-hybridized carbons (Fsp3) is 1.00. The fourth-order valence-corrected chi connectivity index (χ4v) is 2.41. The average Bonchev–Trinajstić information content (AvgIpc) is 2.74. The van der Waals surface area contributed by atoms with Gasteiger partial charge in [-0.05, 0) is 51.5 Å². The molecule has 1 aliphatic heterocycles. The Labute approximate surface area is 87.6 Å².